The molecule has 2 aromatic carbocycles. The number of halogens is 6. The summed E-state index contributed by atoms with van der Waals surface area (Å²) in [4.78, 5) is 18.8. The molecule has 0 fully saturated rings. The Bertz CT molecular complexity index is 1210. The number of fused-ring (bicyclic) bond motifs is 1. The van der Waals surface area contributed by atoms with Crippen molar-refractivity contribution in [3.05, 3.63) is 68.4 Å². The second-order valence-corrected chi connectivity index (χ2v) is 8.67. The topological polar surface area (TPSA) is 77.7 Å². The van der Waals surface area contributed by atoms with E-state index < -0.39 is 39.6 Å². The molecule has 2 aliphatic heterocycles. The first-order valence-electron chi connectivity index (χ1n) is 10.0. The van der Waals surface area contributed by atoms with E-state index in [1.54, 1.807) is 23.1 Å². The van der Waals surface area contributed by atoms with Crippen molar-refractivity contribution < 1.29 is 27.2 Å². The van der Waals surface area contributed by atoms with Gasteiger partial charge in [0.15, 0.2) is 5.82 Å². The van der Waals surface area contributed by atoms with Crippen LogP contribution in [0.15, 0.2) is 35.5 Å². The number of carbonyl (C=O) groups is 1. The predicted molar refractivity (Wildman–Crippen MR) is 116 cm³/mol. The summed E-state index contributed by atoms with van der Waals surface area (Å²) in [5.41, 5.74) is -1.36. The SMILES string of the molecule is N#CCCNC(=O)c1ccc2c(c1)CN(C1=NOC(c3cc(Cl)c(F)c(Cl)c3)(C(F)(F)F)C1)C2. The summed E-state index contributed by atoms with van der Waals surface area (Å²) in [5.74, 6) is -1.32. The fourth-order valence-electron chi connectivity index (χ4n) is 3.90. The highest BCUT2D eigenvalue weighted by Crippen LogP contribution is 2.50. The molecule has 34 heavy (non-hydrogen) atoms. The highest BCUT2D eigenvalue weighted by molar-refractivity contribution is 6.35. The summed E-state index contributed by atoms with van der Waals surface area (Å²) >= 11 is 11.5. The quantitative estimate of drug-likeness (QED) is 0.342. The minimum atomic E-state index is -4.90. The Balaban J connectivity index is 1.55. The van der Waals surface area contributed by atoms with Crippen LogP contribution in [-0.2, 0) is 23.5 Å². The van der Waals surface area contributed by atoms with Crippen molar-refractivity contribution in [3.63, 3.8) is 0 Å². The number of nitriles is 1. The lowest BCUT2D eigenvalue weighted by Gasteiger charge is -2.30. The summed E-state index contributed by atoms with van der Waals surface area (Å²) in [5, 5.41) is 13.8. The Morgan fingerprint density at radius 2 is 1.88 bits per heavy atom. The van der Waals surface area contributed by atoms with Crippen LogP contribution in [0.1, 0.15) is 39.9 Å². The van der Waals surface area contributed by atoms with Gasteiger partial charge in [0.2, 0.25) is 0 Å². The minimum Gasteiger partial charge on any atom is -0.372 e. The van der Waals surface area contributed by atoms with Gasteiger partial charge in [0.05, 0.1) is 29.0 Å². The van der Waals surface area contributed by atoms with Gasteiger partial charge < -0.3 is 15.1 Å². The van der Waals surface area contributed by atoms with Crippen LogP contribution in [0.3, 0.4) is 0 Å². The molecule has 0 saturated heterocycles. The molecule has 6 nitrogen and oxygen atoms in total. The minimum absolute atomic E-state index is 0.0464. The van der Waals surface area contributed by atoms with Gasteiger partial charge in [0.1, 0.15) is 5.84 Å². The van der Waals surface area contributed by atoms with Crippen LogP contribution in [0.4, 0.5) is 17.6 Å². The van der Waals surface area contributed by atoms with Gasteiger partial charge in [-0.05, 0) is 35.4 Å². The second kappa shape index (κ2) is 8.96. The molecule has 0 saturated carbocycles. The van der Waals surface area contributed by atoms with E-state index in [1.807, 2.05) is 6.07 Å². The Labute approximate surface area is 201 Å². The van der Waals surface area contributed by atoms with Crippen LogP contribution in [0, 0.1) is 17.1 Å². The van der Waals surface area contributed by atoms with Gasteiger partial charge in [0, 0.05) is 30.8 Å². The van der Waals surface area contributed by atoms with E-state index in [0.717, 1.165) is 23.3 Å². The van der Waals surface area contributed by atoms with Crippen molar-refractivity contribution in [2.24, 2.45) is 5.16 Å². The molecular formula is C22H16Cl2F4N4O2. The number of alkyl halides is 3. The van der Waals surface area contributed by atoms with Crippen molar-refractivity contribution in [2.45, 2.75) is 37.7 Å². The number of amidine groups is 1. The molecular weight excluding hydrogens is 499 g/mol. The number of benzene rings is 2. The molecule has 4 rings (SSSR count). The number of oxime groups is 1. The Morgan fingerprint density at radius 3 is 2.53 bits per heavy atom. The zero-order chi connectivity index (χ0) is 24.7. The molecule has 0 aromatic heterocycles. The molecule has 1 amide bonds. The average Bonchev–Trinajstić information content (AvgIpc) is 3.41. The first kappa shape index (κ1) is 24.1. The van der Waals surface area contributed by atoms with Gasteiger partial charge in [-0.15, -0.1) is 0 Å². The molecule has 0 spiro atoms. The van der Waals surface area contributed by atoms with E-state index in [4.69, 9.17) is 33.3 Å². The van der Waals surface area contributed by atoms with Crippen molar-refractivity contribution in [2.75, 3.05) is 6.54 Å². The third-order valence-corrected chi connectivity index (χ3v) is 6.25. The van der Waals surface area contributed by atoms with Gasteiger partial charge in [-0.2, -0.15) is 18.4 Å². The molecule has 0 aliphatic carbocycles. The number of hydrogen-bond acceptors (Lipinski definition) is 5. The van der Waals surface area contributed by atoms with Crippen LogP contribution in [0.5, 0.6) is 0 Å². The summed E-state index contributed by atoms with van der Waals surface area (Å²) < 4.78 is 56.4. The lowest BCUT2D eigenvalue weighted by atomic mass is 9.89. The van der Waals surface area contributed by atoms with Crippen molar-refractivity contribution in [1.29, 1.82) is 5.26 Å². The molecule has 2 heterocycles. The van der Waals surface area contributed by atoms with E-state index in [0.29, 0.717) is 5.56 Å². The normalized spacial score (nSPS) is 19.3. The van der Waals surface area contributed by atoms with Crippen LogP contribution in [-0.4, -0.2) is 29.4 Å². The fourth-order valence-corrected chi connectivity index (χ4v) is 4.39. The molecule has 1 N–H and O–H groups in total. The van der Waals surface area contributed by atoms with E-state index in [2.05, 4.69) is 10.5 Å². The third-order valence-electron chi connectivity index (χ3n) is 5.70. The standard InChI is InChI=1S/C22H16Cl2F4N4O2/c23-16-7-15(8-17(24)19(16)25)21(22(26,27)28)9-18(31-34-21)32-10-13-3-2-12(6-14(13)11-32)20(33)30-5-1-4-29/h2-3,6-8H,1,5,9-11H2,(H,30,33). The highest BCUT2D eigenvalue weighted by Gasteiger charge is 2.63. The lowest BCUT2D eigenvalue weighted by molar-refractivity contribution is -0.275. The molecule has 2 aliphatic rings. The number of nitrogens with one attached hydrogen (secondary N) is 1. The number of carbonyl (C=O) groups excluding carboxylic acids is 1. The van der Waals surface area contributed by atoms with Crippen LogP contribution < -0.4 is 5.32 Å². The summed E-state index contributed by atoms with van der Waals surface area (Å²) in [7, 11) is 0. The highest BCUT2D eigenvalue weighted by atomic mass is 35.5. The van der Waals surface area contributed by atoms with E-state index in [9.17, 15) is 22.4 Å². The van der Waals surface area contributed by atoms with Crippen molar-refractivity contribution in [1.82, 2.24) is 10.2 Å². The molecule has 12 heteroatoms. The molecule has 2 aromatic rings. The van der Waals surface area contributed by atoms with Gasteiger partial charge >= 0.3 is 6.18 Å². The largest absolute Gasteiger partial charge is 0.435 e. The van der Waals surface area contributed by atoms with E-state index >= 15 is 0 Å². The zero-order valence-corrected chi connectivity index (χ0v) is 18.9. The Kier molecular flexibility index (Phi) is 6.36. The fraction of sp³-hybridized carbons (Fsp3) is 0.318. The molecule has 0 bridgehead atoms. The maximum atomic E-state index is 14.2. The molecule has 1 unspecified atom stereocenters. The van der Waals surface area contributed by atoms with E-state index in [-0.39, 0.29) is 37.8 Å². The average molecular weight is 515 g/mol. The van der Waals surface area contributed by atoms with Crippen molar-refractivity contribution in [3.8, 4) is 6.07 Å². The first-order chi connectivity index (χ1) is 16.1. The van der Waals surface area contributed by atoms with Gasteiger partial charge in [-0.3, -0.25) is 4.79 Å². The Hall–Kier alpha value is -3.03. The number of amides is 1. The van der Waals surface area contributed by atoms with Crippen molar-refractivity contribution >= 4 is 34.9 Å². The number of rotatable bonds is 4. The molecule has 0 radical (unpaired) electrons. The molecule has 178 valence electrons. The van der Waals surface area contributed by atoms with E-state index in [1.165, 1.54) is 0 Å². The predicted octanol–water partition coefficient (Wildman–Crippen LogP) is 5.28. The summed E-state index contributed by atoms with van der Waals surface area (Å²) in [6.07, 6.45) is -5.38. The maximum Gasteiger partial charge on any atom is 0.435 e. The van der Waals surface area contributed by atoms with Gasteiger partial charge in [-0.25, -0.2) is 4.39 Å². The first-order valence-corrected chi connectivity index (χ1v) is 10.8. The van der Waals surface area contributed by atoms with Gasteiger partial charge in [-0.1, -0.05) is 34.4 Å². The Morgan fingerprint density at radius 1 is 1.21 bits per heavy atom. The molecule has 1 atom stereocenters. The summed E-state index contributed by atoms with van der Waals surface area (Å²) in [6, 6.07) is 8.60. The van der Waals surface area contributed by atoms with Crippen LogP contribution in [0.25, 0.3) is 0 Å². The smallest absolute Gasteiger partial charge is 0.372 e. The number of nitrogens with zero attached hydrogens (tertiary/aromatic N) is 3. The van der Waals surface area contributed by atoms with Crippen LogP contribution in [0.2, 0.25) is 10.0 Å². The van der Waals surface area contributed by atoms with Gasteiger partial charge in [0.25, 0.3) is 11.5 Å². The monoisotopic (exact) mass is 514 g/mol. The maximum absolute atomic E-state index is 14.2. The zero-order valence-electron chi connectivity index (χ0n) is 17.3. The van der Waals surface area contributed by atoms with Crippen LogP contribution >= 0.6 is 23.2 Å². The lowest BCUT2D eigenvalue weighted by Crippen LogP contribution is -2.44. The second-order valence-electron chi connectivity index (χ2n) is 7.86. The third kappa shape index (κ3) is 4.26. The number of hydrogen-bond donors (Lipinski definition) is 1. The summed E-state index contributed by atoms with van der Waals surface area (Å²) in [6.45, 7) is 0.700.